The number of hydrogen-bond donors (Lipinski definition) is 1. The van der Waals surface area contributed by atoms with Gasteiger partial charge in [-0.15, -0.1) is 4.89 Å². The molecule has 0 bridgehead atoms. The van der Waals surface area contributed by atoms with Crippen LogP contribution in [0.2, 0.25) is 0 Å². The smallest absolute Gasteiger partial charge is 0.296 e. The van der Waals surface area contributed by atoms with Gasteiger partial charge in [-0.3, -0.25) is 4.89 Å². The Bertz CT molecular complexity index is 258. The van der Waals surface area contributed by atoms with Gasteiger partial charge in [-0.2, -0.15) is 4.89 Å². The van der Waals surface area contributed by atoms with Gasteiger partial charge < -0.3 is 0 Å². The molecule has 1 N–H and O–H groups in total. The molecule has 5 heteroatoms. The minimum atomic E-state index is -1.19. The van der Waals surface area contributed by atoms with Gasteiger partial charge >= 0.3 is 5.97 Å². The third-order valence-corrected chi connectivity index (χ3v) is 3.13. The van der Waals surface area contributed by atoms with E-state index in [1.807, 2.05) is 0 Å². The molecule has 5 nitrogen and oxygen atoms in total. The van der Waals surface area contributed by atoms with Crippen molar-refractivity contribution >= 4 is 5.97 Å². The highest BCUT2D eigenvalue weighted by molar-refractivity contribution is 5.65. The zero-order valence-corrected chi connectivity index (χ0v) is 10.3. The van der Waals surface area contributed by atoms with Crippen molar-refractivity contribution in [2.45, 2.75) is 52.7 Å². The number of rotatable bonds is 3. The van der Waals surface area contributed by atoms with Gasteiger partial charge in [-0.25, -0.2) is 10.1 Å². The van der Waals surface area contributed by atoms with Crippen molar-refractivity contribution in [3.05, 3.63) is 0 Å². The van der Waals surface area contributed by atoms with Gasteiger partial charge in [0.1, 0.15) is 0 Å². The van der Waals surface area contributed by atoms with Crippen LogP contribution >= 0.6 is 0 Å². The fourth-order valence-corrected chi connectivity index (χ4v) is 2.02. The van der Waals surface area contributed by atoms with E-state index in [1.165, 1.54) is 6.92 Å². The maximum absolute atomic E-state index is 10.7. The number of carbonyl (C=O) groups excluding carboxylic acids is 1. The highest BCUT2D eigenvalue weighted by Gasteiger charge is 2.47. The quantitative estimate of drug-likeness (QED) is 0.460. The molecule has 0 saturated heterocycles. The van der Waals surface area contributed by atoms with Gasteiger partial charge in [0.2, 0.25) is 5.79 Å². The Morgan fingerprint density at radius 2 is 2.06 bits per heavy atom. The summed E-state index contributed by atoms with van der Waals surface area (Å²) < 4.78 is 0. The topological polar surface area (TPSA) is 65.0 Å². The van der Waals surface area contributed by atoms with Crippen LogP contribution in [0.4, 0.5) is 0 Å². The Balaban J connectivity index is 2.60. The Hall–Kier alpha value is -0.650. The molecule has 1 aliphatic rings. The summed E-state index contributed by atoms with van der Waals surface area (Å²) in [5.74, 6) is -1.39. The van der Waals surface area contributed by atoms with E-state index in [0.717, 1.165) is 6.42 Å². The van der Waals surface area contributed by atoms with Crippen LogP contribution in [0.1, 0.15) is 47.0 Å². The first kappa shape index (κ1) is 13.4. The van der Waals surface area contributed by atoms with Gasteiger partial charge in [-0.05, 0) is 17.8 Å². The fourth-order valence-electron chi connectivity index (χ4n) is 2.02. The molecule has 1 rings (SSSR count). The molecule has 16 heavy (non-hydrogen) atoms. The maximum Gasteiger partial charge on any atom is 0.339 e. The van der Waals surface area contributed by atoms with Crippen molar-refractivity contribution in [1.29, 1.82) is 0 Å². The van der Waals surface area contributed by atoms with E-state index in [4.69, 9.17) is 10.1 Å². The van der Waals surface area contributed by atoms with Crippen molar-refractivity contribution in [3.8, 4) is 0 Å². The van der Waals surface area contributed by atoms with Crippen molar-refractivity contribution in [2.75, 3.05) is 0 Å². The van der Waals surface area contributed by atoms with Crippen molar-refractivity contribution in [1.82, 2.24) is 0 Å². The van der Waals surface area contributed by atoms with Gasteiger partial charge in [0.05, 0.1) is 0 Å². The molecule has 0 amide bonds. The monoisotopic (exact) mass is 232 g/mol. The second kappa shape index (κ2) is 4.69. The van der Waals surface area contributed by atoms with Crippen LogP contribution in [0.15, 0.2) is 0 Å². The average molecular weight is 232 g/mol. The van der Waals surface area contributed by atoms with E-state index in [9.17, 15) is 4.79 Å². The lowest BCUT2D eigenvalue weighted by Gasteiger charge is -2.28. The molecule has 1 saturated carbocycles. The largest absolute Gasteiger partial charge is 0.339 e. The first-order valence-electron chi connectivity index (χ1n) is 5.48. The van der Waals surface area contributed by atoms with Crippen molar-refractivity contribution in [2.24, 2.45) is 11.3 Å². The predicted molar refractivity (Wildman–Crippen MR) is 56.1 cm³/mol. The second-order valence-electron chi connectivity index (χ2n) is 5.47. The summed E-state index contributed by atoms with van der Waals surface area (Å²) in [4.78, 5) is 24.4. The molecular formula is C11H20O5. The minimum absolute atomic E-state index is 0.111. The average Bonchev–Trinajstić information content (AvgIpc) is 2.59. The Kier molecular flexibility index (Phi) is 3.93. The Labute approximate surface area is 95.5 Å². The zero-order chi connectivity index (χ0) is 12.4. The van der Waals surface area contributed by atoms with E-state index in [2.05, 4.69) is 30.5 Å². The lowest BCUT2D eigenvalue weighted by atomic mass is 9.79. The molecular weight excluding hydrogens is 212 g/mol. The summed E-state index contributed by atoms with van der Waals surface area (Å²) in [7, 11) is 0. The number of hydrogen-bond acceptors (Lipinski definition) is 5. The summed E-state index contributed by atoms with van der Waals surface area (Å²) in [6.45, 7) is 7.60. The molecule has 0 radical (unpaired) electrons. The molecule has 0 aromatic heterocycles. The molecule has 2 atom stereocenters. The van der Waals surface area contributed by atoms with Gasteiger partial charge in [0.15, 0.2) is 0 Å². The SMILES string of the molecule is CC(=O)OOC1(OO)CCC(C(C)(C)C)C1. The molecule has 0 aromatic carbocycles. The zero-order valence-electron chi connectivity index (χ0n) is 10.3. The molecule has 0 aliphatic heterocycles. The molecule has 0 spiro atoms. The van der Waals surface area contributed by atoms with E-state index in [0.29, 0.717) is 18.8 Å². The Morgan fingerprint density at radius 1 is 1.44 bits per heavy atom. The van der Waals surface area contributed by atoms with Crippen LogP contribution in [0.3, 0.4) is 0 Å². The normalized spacial score (nSPS) is 30.4. The van der Waals surface area contributed by atoms with E-state index in [1.54, 1.807) is 0 Å². The van der Waals surface area contributed by atoms with Crippen LogP contribution in [0.25, 0.3) is 0 Å². The second-order valence-corrected chi connectivity index (χ2v) is 5.47. The van der Waals surface area contributed by atoms with E-state index >= 15 is 0 Å². The molecule has 2 unspecified atom stereocenters. The first-order chi connectivity index (χ1) is 7.29. The van der Waals surface area contributed by atoms with Gasteiger partial charge in [0, 0.05) is 19.8 Å². The summed E-state index contributed by atoms with van der Waals surface area (Å²) in [5, 5.41) is 8.90. The summed E-state index contributed by atoms with van der Waals surface area (Å²) in [5.41, 5.74) is 0.111. The lowest BCUT2D eigenvalue weighted by molar-refractivity contribution is -0.482. The highest BCUT2D eigenvalue weighted by Crippen LogP contribution is 2.46. The van der Waals surface area contributed by atoms with Crippen LogP contribution in [-0.4, -0.2) is 17.0 Å². The molecule has 1 fully saturated rings. The summed E-state index contributed by atoms with van der Waals surface area (Å²) >= 11 is 0. The highest BCUT2D eigenvalue weighted by atomic mass is 17.3. The van der Waals surface area contributed by atoms with Crippen LogP contribution in [0, 0.1) is 11.3 Å². The van der Waals surface area contributed by atoms with E-state index in [-0.39, 0.29) is 5.41 Å². The Morgan fingerprint density at radius 3 is 2.44 bits per heavy atom. The van der Waals surface area contributed by atoms with Gasteiger partial charge in [-0.1, -0.05) is 20.8 Å². The molecule has 0 aromatic rings. The van der Waals surface area contributed by atoms with Crippen LogP contribution in [0.5, 0.6) is 0 Å². The summed E-state index contributed by atoms with van der Waals surface area (Å²) in [6.07, 6.45) is 1.89. The molecule has 0 heterocycles. The van der Waals surface area contributed by atoms with Crippen LogP contribution in [-0.2, 0) is 19.5 Å². The van der Waals surface area contributed by atoms with Crippen molar-refractivity contribution in [3.63, 3.8) is 0 Å². The third-order valence-electron chi connectivity index (χ3n) is 3.13. The van der Waals surface area contributed by atoms with Gasteiger partial charge in [0.25, 0.3) is 0 Å². The fraction of sp³-hybridized carbons (Fsp3) is 0.909. The lowest BCUT2D eigenvalue weighted by Crippen LogP contribution is -2.34. The standard InChI is InChI=1S/C11H20O5/c1-8(12)14-16-11(15-13)6-5-9(7-11)10(2,3)4/h9,13H,5-7H2,1-4H3. The summed E-state index contributed by atoms with van der Waals surface area (Å²) in [6, 6.07) is 0. The first-order valence-corrected chi connectivity index (χ1v) is 5.48. The van der Waals surface area contributed by atoms with Crippen molar-refractivity contribution < 1.29 is 24.7 Å². The minimum Gasteiger partial charge on any atom is -0.296 e. The third kappa shape index (κ3) is 3.17. The predicted octanol–water partition coefficient (Wildman–Crippen LogP) is 2.51. The van der Waals surface area contributed by atoms with E-state index < -0.39 is 11.8 Å². The maximum atomic E-state index is 10.7. The van der Waals surface area contributed by atoms with Crippen LogP contribution < -0.4 is 0 Å². The molecule has 94 valence electrons. The molecule has 1 aliphatic carbocycles. The number of carbonyl (C=O) groups is 1.